The van der Waals surface area contributed by atoms with Crippen molar-refractivity contribution >= 4 is 12.2 Å². The van der Waals surface area contributed by atoms with Gasteiger partial charge in [0.1, 0.15) is 13.2 Å². The highest BCUT2D eigenvalue weighted by atomic mass is 16.6. The molecule has 124 valence electrons. The monoisotopic (exact) mass is 302 g/mol. The second-order valence-corrected chi connectivity index (χ2v) is 6.44. The van der Waals surface area contributed by atoms with Gasteiger partial charge in [-0.1, -0.05) is 27.7 Å². The van der Waals surface area contributed by atoms with Crippen LogP contribution in [0.2, 0.25) is 0 Å². The van der Waals surface area contributed by atoms with E-state index in [1.165, 1.54) is 9.80 Å². The standard InChI is InChI=1S/C15H30N2O4/c1-11(2)15(12(3)4,9-20-13(18)16(5)6)10-21-14(19)17(7)8/h11-12H,9-10H2,1-8H3. The lowest BCUT2D eigenvalue weighted by molar-refractivity contribution is -0.0420. The number of amides is 2. The minimum atomic E-state index is -0.405. The molecule has 2 amide bonds. The highest BCUT2D eigenvalue weighted by molar-refractivity contribution is 5.67. The third kappa shape index (κ3) is 5.44. The molecule has 0 aliphatic heterocycles. The van der Waals surface area contributed by atoms with E-state index in [0.29, 0.717) is 0 Å². The number of carbonyl (C=O) groups excluding carboxylic acids is 2. The van der Waals surface area contributed by atoms with Gasteiger partial charge in [-0.25, -0.2) is 9.59 Å². The summed E-state index contributed by atoms with van der Waals surface area (Å²) in [5.41, 5.74) is -0.405. The maximum absolute atomic E-state index is 11.7. The van der Waals surface area contributed by atoms with Gasteiger partial charge in [0.05, 0.1) is 0 Å². The van der Waals surface area contributed by atoms with Crippen LogP contribution in [0.25, 0.3) is 0 Å². The van der Waals surface area contributed by atoms with Gasteiger partial charge in [0.2, 0.25) is 0 Å². The number of ether oxygens (including phenoxy) is 2. The van der Waals surface area contributed by atoms with Crippen LogP contribution in [0.5, 0.6) is 0 Å². The summed E-state index contributed by atoms with van der Waals surface area (Å²) in [6, 6.07) is 0. The maximum atomic E-state index is 11.7. The van der Waals surface area contributed by atoms with Gasteiger partial charge in [-0.2, -0.15) is 0 Å². The zero-order valence-corrected chi connectivity index (χ0v) is 14.6. The Bertz CT molecular complexity index is 318. The zero-order chi connectivity index (χ0) is 16.8. The van der Waals surface area contributed by atoms with E-state index in [0.717, 1.165) is 0 Å². The smallest absolute Gasteiger partial charge is 0.409 e. The van der Waals surface area contributed by atoms with E-state index < -0.39 is 5.41 Å². The van der Waals surface area contributed by atoms with Gasteiger partial charge in [0.25, 0.3) is 0 Å². The Morgan fingerprint density at radius 2 is 1.10 bits per heavy atom. The molecule has 6 nitrogen and oxygen atoms in total. The number of hydrogen-bond donors (Lipinski definition) is 0. The summed E-state index contributed by atoms with van der Waals surface area (Å²) in [5, 5.41) is 0. The van der Waals surface area contributed by atoms with Crippen molar-refractivity contribution in [1.82, 2.24) is 9.80 Å². The zero-order valence-electron chi connectivity index (χ0n) is 14.6. The van der Waals surface area contributed by atoms with Gasteiger partial charge in [-0.15, -0.1) is 0 Å². The second-order valence-electron chi connectivity index (χ2n) is 6.44. The van der Waals surface area contributed by atoms with Crippen molar-refractivity contribution < 1.29 is 19.1 Å². The van der Waals surface area contributed by atoms with Gasteiger partial charge in [0.15, 0.2) is 0 Å². The molecule has 0 saturated heterocycles. The Balaban J connectivity index is 5.00. The third-order valence-electron chi connectivity index (χ3n) is 3.96. The van der Waals surface area contributed by atoms with Crippen LogP contribution in [-0.2, 0) is 9.47 Å². The Morgan fingerprint density at radius 1 is 0.810 bits per heavy atom. The summed E-state index contributed by atoms with van der Waals surface area (Å²) in [6.45, 7) is 8.64. The molecule has 0 N–H and O–H groups in total. The molecule has 0 unspecified atom stereocenters. The van der Waals surface area contributed by atoms with Crippen molar-refractivity contribution in [3.05, 3.63) is 0 Å². The summed E-state index contributed by atoms with van der Waals surface area (Å²) in [6.07, 6.45) is -0.778. The van der Waals surface area contributed by atoms with Crippen molar-refractivity contribution in [2.45, 2.75) is 27.7 Å². The van der Waals surface area contributed by atoms with Crippen LogP contribution in [0.3, 0.4) is 0 Å². The highest BCUT2D eigenvalue weighted by Gasteiger charge is 2.40. The fraction of sp³-hybridized carbons (Fsp3) is 0.867. The fourth-order valence-corrected chi connectivity index (χ4v) is 2.03. The molecule has 0 aromatic rings. The van der Waals surface area contributed by atoms with Gasteiger partial charge in [0, 0.05) is 33.6 Å². The van der Waals surface area contributed by atoms with E-state index in [2.05, 4.69) is 0 Å². The molecule has 0 radical (unpaired) electrons. The summed E-state index contributed by atoms with van der Waals surface area (Å²) < 4.78 is 10.7. The van der Waals surface area contributed by atoms with Crippen LogP contribution >= 0.6 is 0 Å². The van der Waals surface area contributed by atoms with E-state index in [-0.39, 0.29) is 37.2 Å². The van der Waals surface area contributed by atoms with E-state index in [9.17, 15) is 9.59 Å². The Morgan fingerprint density at radius 3 is 1.29 bits per heavy atom. The molecule has 0 heterocycles. The van der Waals surface area contributed by atoms with Crippen LogP contribution in [0.4, 0.5) is 9.59 Å². The number of carbonyl (C=O) groups is 2. The lowest BCUT2D eigenvalue weighted by Gasteiger charge is -2.40. The molecule has 0 saturated carbocycles. The predicted octanol–water partition coefficient (Wildman–Crippen LogP) is 2.68. The topological polar surface area (TPSA) is 59.1 Å². The molecule has 6 heteroatoms. The first-order valence-corrected chi connectivity index (χ1v) is 7.22. The SMILES string of the molecule is CC(C)C(COC(=O)N(C)C)(COC(=O)N(C)C)C(C)C. The molecule has 21 heavy (non-hydrogen) atoms. The first-order valence-electron chi connectivity index (χ1n) is 7.22. The summed E-state index contributed by atoms with van der Waals surface area (Å²) in [7, 11) is 6.56. The highest BCUT2D eigenvalue weighted by Crippen LogP contribution is 2.37. The van der Waals surface area contributed by atoms with Gasteiger partial charge < -0.3 is 19.3 Å². The number of nitrogens with zero attached hydrogens (tertiary/aromatic N) is 2. The second kappa shape index (κ2) is 8.10. The molecule has 0 aromatic carbocycles. The van der Waals surface area contributed by atoms with Crippen molar-refractivity contribution in [2.75, 3.05) is 41.4 Å². The number of rotatable bonds is 6. The third-order valence-corrected chi connectivity index (χ3v) is 3.96. The first kappa shape index (κ1) is 19.5. The number of hydrogen-bond acceptors (Lipinski definition) is 4. The molecule has 0 rings (SSSR count). The average molecular weight is 302 g/mol. The minimum Gasteiger partial charge on any atom is -0.449 e. The minimum absolute atomic E-state index is 0.197. The molecular formula is C15H30N2O4. The van der Waals surface area contributed by atoms with Crippen molar-refractivity contribution in [1.29, 1.82) is 0 Å². The molecule has 0 aliphatic rings. The van der Waals surface area contributed by atoms with Crippen LogP contribution in [0.1, 0.15) is 27.7 Å². The lowest BCUT2D eigenvalue weighted by atomic mass is 9.70. The molecule has 0 atom stereocenters. The van der Waals surface area contributed by atoms with E-state index >= 15 is 0 Å². The maximum Gasteiger partial charge on any atom is 0.409 e. The molecule has 0 aliphatic carbocycles. The summed E-state index contributed by atoms with van der Waals surface area (Å²) in [5.74, 6) is 0.393. The summed E-state index contributed by atoms with van der Waals surface area (Å²) in [4.78, 5) is 26.1. The van der Waals surface area contributed by atoms with Crippen LogP contribution in [0, 0.1) is 17.3 Å². The fourth-order valence-electron chi connectivity index (χ4n) is 2.03. The van der Waals surface area contributed by atoms with E-state index in [4.69, 9.17) is 9.47 Å². The lowest BCUT2D eigenvalue weighted by Crippen LogP contribution is -2.45. The Kier molecular flexibility index (Phi) is 7.53. The van der Waals surface area contributed by atoms with E-state index in [1.807, 2.05) is 27.7 Å². The summed E-state index contributed by atoms with van der Waals surface area (Å²) >= 11 is 0. The molecule has 0 spiro atoms. The Hall–Kier alpha value is -1.46. The first-order chi connectivity index (χ1) is 9.54. The van der Waals surface area contributed by atoms with Crippen LogP contribution in [0.15, 0.2) is 0 Å². The average Bonchev–Trinajstić information content (AvgIpc) is 2.36. The van der Waals surface area contributed by atoms with Gasteiger partial charge >= 0.3 is 12.2 Å². The molecular weight excluding hydrogens is 272 g/mol. The van der Waals surface area contributed by atoms with Crippen molar-refractivity contribution in [3.63, 3.8) is 0 Å². The molecule has 0 aromatic heterocycles. The van der Waals surface area contributed by atoms with Gasteiger partial charge in [-0.05, 0) is 11.8 Å². The molecule has 0 fully saturated rings. The van der Waals surface area contributed by atoms with Crippen molar-refractivity contribution in [2.24, 2.45) is 17.3 Å². The molecule has 0 bridgehead atoms. The van der Waals surface area contributed by atoms with E-state index in [1.54, 1.807) is 28.2 Å². The normalized spacial score (nSPS) is 11.5. The largest absolute Gasteiger partial charge is 0.449 e. The van der Waals surface area contributed by atoms with Crippen molar-refractivity contribution in [3.8, 4) is 0 Å². The quantitative estimate of drug-likeness (QED) is 0.757. The van der Waals surface area contributed by atoms with Gasteiger partial charge in [-0.3, -0.25) is 0 Å². The Labute approximate surface area is 128 Å². The predicted molar refractivity (Wildman–Crippen MR) is 82.2 cm³/mol. The van der Waals surface area contributed by atoms with Crippen LogP contribution in [-0.4, -0.2) is 63.4 Å². The van der Waals surface area contributed by atoms with Crippen LogP contribution < -0.4 is 0 Å².